The number of hydrogen-bond donors (Lipinski definition) is 1. The topological polar surface area (TPSA) is 54.0 Å². The summed E-state index contributed by atoms with van der Waals surface area (Å²) >= 11 is 0. The molecule has 0 atom stereocenters. The van der Waals surface area contributed by atoms with Gasteiger partial charge in [0.15, 0.2) is 6.61 Å². The number of carbonyl (C=O) groups is 1. The third kappa shape index (κ3) is 5.60. The van der Waals surface area contributed by atoms with Gasteiger partial charge in [-0.25, -0.2) is 4.39 Å². The molecule has 0 radical (unpaired) electrons. The second-order valence-electron chi connectivity index (χ2n) is 6.59. The number of benzene rings is 2. The zero-order chi connectivity index (χ0) is 19.8. The highest BCUT2D eigenvalue weighted by molar-refractivity contribution is 5.77. The minimum atomic E-state index is -0.331. The molecule has 1 fully saturated rings. The van der Waals surface area contributed by atoms with Gasteiger partial charge in [0.1, 0.15) is 17.3 Å². The molecule has 2 aromatic rings. The van der Waals surface area contributed by atoms with Crippen LogP contribution in [0, 0.1) is 5.82 Å². The minimum Gasteiger partial charge on any atom is -0.495 e. The van der Waals surface area contributed by atoms with Crippen molar-refractivity contribution in [3.8, 4) is 11.5 Å². The van der Waals surface area contributed by atoms with E-state index in [4.69, 9.17) is 9.47 Å². The summed E-state index contributed by atoms with van der Waals surface area (Å²) in [6.07, 6.45) is 0. The van der Waals surface area contributed by atoms with Crippen molar-refractivity contribution in [1.29, 1.82) is 0 Å². The zero-order valence-electron chi connectivity index (χ0n) is 16.1. The maximum absolute atomic E-state index is 12.8. The summed E-state index contributed by atoms with van der Waals surface area (Å²) in [6.45, 7) is 4.99. The van der Waals surface area contributed by atoms with Crippen molar-refractivity contribution >= 4 is 11.6 Å². The molecule has 0 aliphatic carbocycles. The Balaban J connectivity index is 1.34. The van der Waals surface area contributed by atoms with Crippen LogP contribution in [0.25, 0.3) is 0 Å². The largest absolute Gasteiger partial charge is 0.495 e. The summed E-state index contributed by atoms with van der Waals surface area (Å²) in [7, 11) is 1.69. The summed E-state index contributed by atoms with van der Waals surface area (Å²) in [6, 6.07) is 13.7. The number of nitrogens with zero attached hydrogens (tertiary/aromatic N) is 2. The molecule has 7 heteroatoms. The number of ether oxygens (including phenoxy) is 2. The minimum absolute atomic E-state index is 0.0762. The third-order valence-corrected chi connectivity index (χ3v) is 4.73. The number of carbonyl (C=O) groups excluding carboxylic acids is 1. The second-order valence-corrected chi connectivity index (χ2v) is 6.59. The fourth-order valence-electron chi connectivity index (χ4n) is 3.19. The van der Waals surface area contributed by atoms with Crippen LogP contribution in [-0.2, 0) is 4.79 Å². The molecule has 0 bridgehead atoms. The van der Waals surface area contributed by atoms with Gasteiger partial charge in [0, 0.05) is 39.3 Å². The van der Waals surface area contributed by atoms with Crippen molar-refractivity contribution in [2.45, 2.75) is 0 Å². The number of para-hydroxylation sites is 2. The Morgan fingerprint density at radius 1 is 1.07 bits per heavy atom. The molecule has 150 valence electrons. The standard InChI is InChI=1S/C21H26FN3O3/c1-27-20-5-3-2-4-19(20)25-14-12-24(13-15-25)11-10-23-21(26)16-28-18-8-6-17(22)7-9-18/h2-9H,10-16H2,1H3,(H,23,26). The summed E-state index contributed by atoms with van der Waals surface area (Å²) in [5, 5.41) is 2.86. The van der Waals surface area contributed by atoms with Crippen LogP contribution in [0.1, 0.15) is 0 Å². The Hall–Kier alpha value is -2.80. The van der Waals surface area contributed by atoms with Crippen LogP contribution in [0.5, 0.6) is 11.5 Å². The van der Waals surface area contributed by atoms with Crippen molar-refractivity contribution < 1.29 is 18.7 Å². The van der Waals surface area contributed by atoms with Gasteiger partial charge in [0.2, 0.25) is 0 Å². The average Bonchev–Trinajstić information content (AvgIpc) is 2.74. The van der Waals surface area contributed by atoms with E-state index in [0.29, 0.717) is 12.3 Å². The van der Waals surface area contributed by atoms with Gasteiger partial charge < -0.3 is 19.7 Å². The first-order valence-electron chi connectivity index (χ1n) is 9.41. The summed E-state index contributed by atoms with van der Waals surface area (Å²) in [5.74, 6) is 0.855. The van der Waals surface area contributed by atoms with E-state index in [9.17, 15) is 9.18 Å². The highest BCUT2D eigenvalue weighted by atomic mass is 19.1. The number of anilines is 1. The Morgan fingerprint density at radius 2 is 1.79 bits per heavy atom. The van der Waals surface area contributed by atoms with Crippen molar-refractivity contribution in [3.05, 3.63) is 54.3 Å². The van der Waals surface area contributed by atoms with E-state index >= 15 is 0 Å². The molecule has 0 unspecified atom stereocenters. The van der Waals surface area contributed by atoms with Crippen molar-refractivity contribution in [2.75, 3.05) is 57.9 Å². The van der Waals surface area contributed by atoms with E-state index in [2.05, 4.69) is 21.2 Å². The van der Waals surface area contributed by atoms with Crippen LogP contribution in [-0.4, -0.2) is 63.8 Å². The molecule has 1 saturated heterocycles. The molecule has 3 rings (SSSR count). The van der Waals surface area contributed by atoms with Crippen LogP contribution < -0.4 is 19.7 Å². The Labute approximate surface area is 164 Å². The predicted octanol–water partition coefficient (Wildman–Crippen LogP) is 2.15. The third-order valence-electron chi connectivity index (χ3n) is 4.73. The molecule has 1 heterocycles. The molecule has 1 aliphatic rings. The van der Waals surface area contributed by atoms with Crippen LogP contribution in [0.4, 0.5) is 10.1 Å². The first-order chi connectivity index (χ1) is 13.7. The molecule has 2 aromatic carbocycles. The number of rotatable bonds is 8. The fraction of sp³-hybridized carbons (Fsp3) is 0.381. The van der Waals surface area contributed by atoms with Gasteiger partial charge in [-0.15, -0.1) is 0 Å². The highest BCUT2D eigenvalue weighted by Crippen LogP contribution is 2.28. The van der Waals surface area contributed by atoms with E-state index in [-0.39, 0.29) is 18.3 Å². The Kier molecular flexibility index (Phi) is 7.08. The Morgan fingerprint density at radius 3 is 2.50 bits per heavy atom. The number of hydrogen-bond acceptors (Lipinski definition) is 5. The lowest BCUT2D eigenvalue weighted by Crippen LogP contribution is -2.48. The van der Waals surface area contributed by atoms with Gasteiger partial charge in [-0.1, -0.05) is 12.1 Å². The first kappa shape index (κ1) is 19.9. The molecule has 0 spiro atoms. The summed E-state index contributed by atoms with van der Waals surface area (Å²) < 4.78 is 23.6. The number of amides is 1. The molecule has 28 heavy (non-hydrogen) atoms. The molecular weight excluding hydrogens is 361 g/mol. The first-order valence-corrected chi connectivity index (χ1v) is 9.41. The number of nitrogens with one attached hydrogen (secondary N) is 1. The van der Waals surface area contributed by atoms with Crippen LogP contribution >= 0.6 is 0 Å². The SMILES string of the molecule is COc1ccccc1N1CCN(CCNC(=O)COc2ccc(F)cc2)CC1. The lowest BCUT2D eigenvalue weighted by Gasteiger charge is -2.36. The number of methoxy groups -OCH3 is 1. The normalized spacial score (nSPS) is 14.6. The number of piperazine rings is 1. The van der Waals surface area contributed by atoms with Crippen molar-refractivity contribution in [1.82, 2.24) is 10.2 Å². The van der Waals surface area contributed by atoms with Gasteiger partial charge in [-0.05, 0) is 36.4 Å². The fourth-order valence-corrected chi connectivity index (χ4v) is 3.19. The quantitative estimate of drug-likeness (QED) is 0.752. The lowest BCUT2D eigenvalue weighted by atomic mass is 10.2. The molecular formula is C21H26FN3O3. The molecule has 6 nitrogen and oxygen atoms in total. The maximum Gasteiger partial charge on any atom is 0.257 e. The molecule has 1 aliphatic heterocycles. The van der Waals surface area contributed by atoms with E-state index in [1.807, 2.05) is 18.2 Å². The number of halogens is 1. The molecule has 0 saturated carbocycles. The smallest absolute Gasteiger partial charge is 0.257 e. The highest BCUT2D eigenvalue weighted by Gasteiger charge is 2.19. The van der Waals surface area contributed by atoms with Gasteiger partial charge >= 0.3 is 0 Å². The Bertz CT molecular complexity index is 762. The monoisotopic (exact) mass is 387 g/mol. The van der Waals surface area contributed by atoms with Crippen LogP contribution in [0.2, 0.25) is 0 Å². The predicted molar refractivity (Wildman–Crippen MR) is 107 cm³/mol. The maximum atomic E-state index is 12.8. The molecule has 1 N–H and O–H groups in total. The average molecular weight is 387 g/mol. The van der Waals surface area contributed by atoms with Gasteiger partial charge in [0.25, 0.3) is 5.91 Å². The summed E-state index contributed by atoms with van der Waals surface area (Å²) in [5.41, 5.74) is 1.12. The van der Waals surface area contributed by atoms with Gasteiger partial charge in [-0.2, -0.15) is 0 Å². The van der Waals surface area contributed by atoms with Gasteiger partial charge in [0.05, 0.1) is 12.8 Å². The van der Waals surface area contributed by atoms with Crippen LogP contribution in [0.3, 0.4) is 0 Å². The van der Waals surface area contributed by atoms with E-state index < -0.39 is 0 Å². The lowest BCUT2D eigenvalue weighted by molar-refractivity contribution is -0.123. The molecule has 1 amide bonds. The van der Waals surface area contributed by atoms with Crippen molar-refractivity contribution in [3.63, 3.8) is 0 Å². The molecule has 0 aromatic heterocycles. The van der Waals surface area contributed by atoms with E-state index in [1.54, 1.807) is 7.11 Å². The van der Waals surface area contributed by atoms with Crippen LogP contribution in [0.15, 0.2) is 48.5 Å². The zero-order valence-corrected chi connectivity index (χ0v) is 16.1. The van der Waals surface area contributed by atoms with Gasteiger partial charge in [-0.3, -0.25) is 9.69 Å². The van der Waals surface area contributed by atoms with E-state index in [1.165, 1.54) is 24.3 Å². The van der Waals surface area contributed by atoms with E-state index in [0.717, 1.165) is 44.2 Å². The van der Waals surface area contributed by atoms with Crippen molar-refractivity contribution in [2.24, 2.45) is 0 Å². The second kappa shape index (κ2) is 9.94. The summed E-state index contributed by atoms with van der Waals surface area (Å²) in [4.78, 5) is 16.5.